The molecule has 0 spiro atoms. The van der Waals surface area contributed by atoms with E-state index in [-0.39, 0.29) is 12.3 Å². The third kappa shape index (κ3) is 4.63. The van der Waals surface area contributed by atoms with Gasteiger partial charge in [0, 0.05) is 23.2 Å². The van der Waals surface area contributed by atoms with Crippen LogP contribution in [0.15, 0.2) is 18.3 Å². The quantitative estimate of drug-likeness (QED) is 0.558. The summed E-state index contributed by atoms with van der Waals surface area (Å²) < 4.78 is 0. The predicted molar refractivity (Wildman–Crippen MR) is 95.4 cm³/mol. The summed E-state index contributed by atoms with van der Waals surface area (Å²) in [4.78, 5) is 30.0. The molecule has 0 bridgehead atoms. The number of carbonyl (C=O) groups is 2. The average Bonchev–Trinajstić information content (AvgIpc) is 2.89. The summed E-state index contributed by atoms with van der Waals surface area (Å²) in [6.07, 6.45) is 1.09. The van der Waals surface area contributed by atoms with Crippen molar-refractivity contribution in [3.05, 3.63) is 24.0 Å². The summed E-state index contributed by atoms with van der Waals surface area (Å²) >= 11 is 0. The number of carbonyl (C=O) groups excluding carboxylic acids is 2. The van der Waals surface area contributed by atoms with Crippen LogP contribution in [-0.4, -0.2) is 39.9 Å². The fourth-order valence-corrected chi connectivity index (χ4v) is 2.68. The molecule has 3 N–H and O–H groups in total. The largest absolute Gasteiger partial charge is 0.372 e. The van der Waals surface area contributed by atoms with Gasteiger partial charge in [-0.15, -0.1) is 0 Å². The number of amides is 2. The van der Waals surface area contributed by atoms with E-state index in [0.717, 1.165) is 5.69 Å². The van der Waals surface area contributed by atoms with E-state index in [2.05, 4.69) is 10.3 Å². The molecule has 1 aliphatic heterocycles. The van der Waals surface area contributed by atoms with Gasteiger partial charge in [0.15, 0.2) is 0 Å². The zero-order valence-electron chi connectivity index (χ0n) is 15.2. The van der Waals surface area contributed by atoms with E-state index in [1.165, 1.54) is 4.90 Å². The number of hydrogen-bond acceptors (Lipinski definition) is 5. The molecule has 2 heterocycles. The Morgan fingerprint density at radius 2 is 2.16 bits per heavy atom. The van der Waals surface area contributed by atoms with Gasteiger partial charge < -0.3 is 20.7 Å². The third-order valence-corrected chi connectivity index (χ3v) is 4.34. The fourth-order valence-electron chi connectivity index (χ4n) is 2.68. The van der Waals surface area contributed by atoms with Gasteiger partial charge in [-0.05, 0) is 25.5 Å². The molecule has 7 nitrogen and oxygen atoms in total. The van der Waals surface area contributed by atoms with Crippen LogP contribution in [0.2, 0.25) is 0 Å². The second-order valence-corrected chi connectivity index (χ2v) is 7.45. The van der Waals surface area contributed by atoms with Crippen molar-refractivity contribution in [2.24, 2.45) is 5.41 Å². The smallest absolute Gasteiger partial charge is 0.227 e. The molecule has 2 rings (SSSR count). The monoisotopic (exact) mass is 346 g/mol. The van der Waals surface area contributed by atoms with Crippen molar-refractivity contribution in [1.82, 2.24) is 10.3 Å². The maximum Gasteiger partial charge on any atom is 0.227 e. The molecule has 2 unspecified atom stereocenters. The van der Waals surface area contributed by atoms with Crippen LogP contribution in [0.5, 0.6) is 0 Å². The van der Waals surface area contributed by atoms with Gasteiger partial charge in [0.25, 0.3) is 0 Å². The predicted octanol–water partition coefficient (Wildman–Crippen LogP) is 1.78. The van der Waals surface area contributed by atoms with E-state index >= 15 is 0 Å². The molecule has 1 saturated heterocycles. The molecular formula is C18H26N4O3. The number of aromatic nitrogens is 1. The van der Waals surface area contributed by atoms with E-state index in [4.69, 9.17) is 5.41 Å². The zero-order chi connectivity index (χ0) is 18.8. The lowest BCUT2D eigenvalue weighted by Gasteiger charge is -2.29. The van der Waals surface area contributed by atoms with Gasteiger partial charge in [-0.25, -0.2) is 0 Å². The molecule has 2 atom stereocenters. The Kier molecular flexibility index (Phi) is 5.57. The highest BCUT2D eigenvalue weighted by Gasteiger charge is 2.37. The Morgan fingerprint density at radius 3 is 2.72 bits per heavy atom. The van der Waals surface area contributed by atoms with Crippen molar-refractivity contribution in [3.63, 3.8) is 0 Å². The van der Waals surface area contributed by atoms with Gasteiger partial charge in [-0.3, -0.25) is 14.6 Å². The second kappa shape index (κ2) is 7.31. The highest BCUT2D eigenvalue weighted by atomic mass is 16.3. The lowest BCUT2D eigenvalue weighted by Crippen LogP contribution is -2.50. The Hall–Kier alpha value is -2.28. The fraction of sp³-hybridized carbons (Fsp3) is 0.556. The molecule has 2 amide bonds. The minimum Gasteiger partial charge on any atom is -0.372 e. The molecule has 1 aromatic rings. The second-order valence-electron chi connectivity index (χ2n) is 7.45. The topological polar surface area (TPSA) is 106 Å². The number of anilines is 1. The summed E-state index contributed by atoms with van der Waals surface area (Å²) in [5, 5.41) is 20.9. The van der Waals surface area contributed by atoms with Crippen LogP contribution in [-0.2, 0) is 9.59 Å². The van der Waals surface area contributed by atoms with Gasteiger partial charge in [0.2, 0.25) is 11.8 Å². The van der Waals surface area contributed by atoms with Crippen LogP contribution in [0.4, 0.5) is 5.69 Å². The molecule has 0 saturated carbocycles. The van der Waals surface area contributed by atoms with Crippen molar-refractivity contribution in [2.75, 3.05) is 4.90 Å². The maximum atomic E-state index is 12.2. The van der Waals surface area contributed by atoms with Crippen molar-refractivity contribution >= 4 is 23.2 Å². The molecule has 1 aromatic heterocycles. The van der Waals surface area contributed by atoms with Gasteiger partial charge >= 0.3 is 0 Å². The SMILES string of the molecule is Cc1ccc(N2C(=O)CCC2C(O)NC(=O)CC(=N)C(C)(C)C)cn1. The number of nitrogens with one attached hydrogen (secondary N) is 2. The Labute approximate surface area is 148 Å². The molecule has 7 heteroatoms. The van der Waals surface area contributed by atoms with Gasteiger partial charge in [0.1, 0.15) is 6.23 Å². The molecule has 0 aliphatic carbocycles. The van der Waals surface area contributed by atoms with Crippen molar-refractivity contribution < 1.29 is 14.7 Å². The van der Waals surface area contributed by atoms with Gasteiger partial charge in [-0.1, -0.05) is 20.8 Å². The van der Waals surface area contributed by atoms with Crippen LogP contribution >= 0.6 is 0 Å². The first-order valence-electron chi connectivity index (χ1n) is 8.39. The first kappa shape index (κ1) is 19.1. The van der Waals surface area contributed by atoms with Crippen LogP contribution in [0.25, 0.3) is 0 Å². The Balaban J connectivity index is 2.06. The number of pyridine rings is 1. The van der Waals surface area contributed by atoms with Crippen molar-refractivity contribution in [3.8, 4) is 0 Å². The highest BCUT2D eigenvalue weighted by molar-refractivity contribution is 6.02. The number of rotatable bonds is 5. The minimum atomic E-state index is -1.19. The van der Waals surface area contributed by atoms with Crippen LogP contribution < -0.4 is 10.2 Å². The molecule has 1 aliphatic rings. The molecule has 0 aromatic carbocycles. The molecule has 0 radical (unpaired) electrons. The number of nitrogens with zero attached hydrogens (tertiary/aromatic N) is 2. The molecule has 136 valence electrons. The lowest BCUT2D eigenvalue weighted by atomic mass is 9.88. The number of hydrogen-bond donors (Lipinski definition) is 3. The van der Waals surface area contributed by atoms with E-state index in [1.54, 1.807) is 18.3 Å². The first-order chi connectivity index (χ1) is 11.6. The summed E-state index contributed by atoms with van der Waals surface area (Å²) in [5.41, 5.74) is 1.33. The lowest BCUT2D eigenvalue weighted by molar-refractivity contribution is -0.124. The highest BCUT2D eigenvalue weighted by Crippen LogP contribution is 2.27. The van der Waals surface area contributed by atoms with Crippen molar-refractivity contribution in [1.29, 1.82) is 5.41 Å². The Morgan fingerprint density at radius 1 is 1.48 bits per heavy atom. The third-order valence-electron chi connectivity index (χ3n) is 4.34. The van der Waals surface area contributed by atoms with E-state index in [0.29, 0.717) is 24.2 Å². The van der Waals surface area contributed by atoms with Crippen LogP contribution in [0, 0.1) is 17.7 Å². The summed E-state index contributed by atoms with van der Waals surface area (Å²) in [6, 6.07) is 3.04. The Bertz CT molecular complexity index is 664. The van der Waals surface area contributed by atoms with E-state index in [9.17, 15) is 14.7 Å². The van der Waals surface area contributed by atoms with E-state index < -0.39 is 23.6 Å². The van der Waals surface area contributed by atoms with Crippen LogP contribution in [0.3, 0.4) is 0 Å². The molecule has 25 heavy (non-hydrogen) atoms. The maximum absolute atomic E-state index is 12.2. The van der Waals surface area contributed by atoms with Crippen molar-refractivity contribution in [2.45, 2.75) is 59.2 Å². The van der Waals surface area contributed by atoms with E-state index in [1.807, 2.05) is 27.7 Å². The van der Waals surface area contributed by atoms with Crippen LogP contribution in [0.1, 0.15) is 45.7 Å². The van der Waals surface area contributed by atoms with Gasteiger partial charge in [-0.2, -0.15) is 0 Å². The normalized spacial score (nSPS) is 19.0. The molecule has 1 fully saturated rings. The summed E-state index contributed by atoms with van der Waals surface area (Å²) in [7, 11) is 0. The average molecular weight is 346 g/mol. The zero-order valence-corrected chi connectivity index (χ0v) is 15.2. The summed E-state index contributed by atoms with van der Waals surface area (Å²) in [5.74, 6) is -0.528. The summed E-state index contributed by atoms with van der Waals surface area (Å²) in [6.45, 7) is 7.44. The minimum absolute atomic E-state index is 0.0761. The number of aliphatic hydroxyl groups is 1. The molecular weight excluding hydrogens is 320 g/mol. The number of aryl methyl sites for hydroxylation is 1. The standard InChI is InChI=1S/C18H26N4O3/c1-11-5-6-12(10-20-11)22-13(7-8-16(22)24)17(25)21-15(23)9-14(19)18(2,3)4/h5-6,10,13,17,19,25H,7-9H2,1-4H3,(H,21,23). The number of aliphatic hydroxyl groups excluding tert-OH is 1. The first-order valence-corrected chi connectivity index (χ1v) is 8.39. The van der Waals surface area contributed by atoms with Gasteiger partial charge in [0.05, 0.1) is 24.3 Å².